The predicted octanol–water partition coefficient (Wildman–Crippen LogP) is 3.32. The molecule has 0 aliphatic rings. The molecule has 0 aliphatic heterocycles. The Hall–Kier alpha value is -2.33. The largest absolute Gasteiger partial charge is 0.497 e. The van der Waals surface area contributed by atoms with Crippen LogP contribution in [0.25, 0.3) is 0 Å². The van der Waals surface area contributed by atoms with Gasteiger partial charge in [0.1, 0.15) is 18.5 Å². The van der Waals surface area contributed by atoms with Crippen LogP contribution in [0.1, 0.15) is 24.2 Å². The molecule has 4 nitrogen and oxygen atoms in total. The van der Waals surface area contributed by atoms with Gasteiger partial charge in [-0.25, -0.2) is 0 Å². The minimum atomic E-state index is -0.785. The molecule has 0 aliphatic carbocycles. The standard InChI is InChI=1S/C17H19NO3/c1-13(18-21-12-14-6-4-3-5-7-14)17(19)15-8-10-16(20-2)11-9-15/h3-11,17,19H,12H2,1-2H3/b18-13+. The van der Waals surface area contributed by atoms with Crippen LogP contribution < -0.4 is 4.74 Å². The van der Waals surface area contributed by atoms with E-state index in [0.717, 1.165) is 16.9 Å². The number of oxime groups is 1. The highest BCUT2D eigenvalue weighted by molar-refractivity contribution is 5.86. The number of ether oxygens (including phenoxy) is 1. The van der Waals surface area contributed by atoms with Crippen molar-refractivity contribution in [3.05, 3.63) is 65.7 Å². The summed E-state index contributed by atoms with van der Waals surface area (Å²) in [7, 11) is 1.61. The van der Waals surface area contributed by atoms with Crippen molar-refractivity contribution in [1.29, 1.82) is 0 Å². The number of benzene rings is 2. The fourth-order valence-electron chi connectivity index (χ4n) is 1.86. The summed E-state index contributed by atoms with van der Waals surface area (Å²) in [6.07, 6.45) is -0.785. The minimum Gasteiger partial charge on any atom is -0.497 e. The number of aliphatic hydroxyl groups is 1. The zero-order valence-electron chi connectivity index (χ0n) is 12.2. The maximum absolute atomic E-state index is 10.2. The van der Waals surface area contributed by atoms with Crippen LogP contribution in [0.5, 0.6) is 5.75 Å². The molecular formula is C17H19NO3. The molecule has 0 aromatic heterocycles. The van der Waals surface area contributed by atoms with Crippen LogP contribution in [0.2, 0.25) is 0 Å². The van der Waals surface area contributed by atoms with Crippen molar-refractivity contribution in [3.8, 4) is 5.75 Å². The minimum absolute atomic E-state index is 0.382. The SMILES string of the molecule is COc1ccc(C(O)/C(C)=N/OCc2ccccc2)cc1. The van der Waals surface area contributed by atoms with Crippen molar-refractivity contribution in [2.45, 2.75) is 19.6 Å². The van der Waals surface area contributed by atoms with E-state index in [-0.39, 0.29) is 0 Å². The van der Waals surface area contributed by atoms with Gasteiger partial charge in [-0.1, -0.05) is 47.6 Å². The van der Waals surface area contributed by atoms with Gasteiger partial charge in [0.25, 0.3) is 0 Å². The Morgan fingerprint density at radius 3 is 2.38 bits per heavy atom. The van der Waals surface area contributed by atoms with Crippen LogP contribution in [0, 0.1) is 0 Å². The Kier molecular flexibility index (Phi) is 5.35. The van der Waals surface area contributed by atoms with Gasteiger partial charge in [0.05, 0.1) is 12.8 Å². The third-order valence-electron chi connectivity index (χ3n) is 3.11. The Balaban J connectivity index is 1.94. The topological polar surface area (TPSA) is 51.0 Å². The molecule has 2 rings (SSSR count). The number of methoxy groups -OCH3 is 1. The van der Waals surface area contributed by atoms with Gasteiger partial charge >= 0.3 is 0 Å². The van der Waals surface area contributed by atoms with Gasteiger partial charge in [-0.15, -0.1) is 0 Å². The van der Waals surface area contributed by atoms with E-state index >= 15 is 0 Å². The molecule has 2 aromatic rings. The second-order valence-corrected chi connectivity index (χ2v) is 4.67. The van der Waals surface area contributed by atoms with Gasteiger partial charge in [0.15, 0.2) is 0 Å². The van der Waals surface area contributed by atoms with E-state index in [9.17, 15) is 5.11 Å². The molecule has 1 N–H and O–H groups in total. The average Bonchev–Trinajstić information content (AvgIpc) is 2.55. The molecule has 0 bridgehead atoms. The number of aliphatic hydroxyl groups excluding tert-OH is 1. The van der Waals surface area contributed by atoms with Crippen molar-refractivity contribution in [2.24, 2.45) is 5.16 Å². The van der Waals surface area contributed by atoms with E-state index < -0.39 is 6.10 Å². The Morgan fingerprint density at radius 1 is 1.10 bits per heavy atom. The van der Waals surface area contributed by atoms with E-state index in [1.165, 1.54) is 0 Å². The van der Waals surface area contributed by atoms with Gasteiger partial charge in [0, 0.05) is 0 Å². The van der Waals surface area contributed by atoms with E-state index in [4.69, 9.17) is 9.57 Å². The summed E-state index contributed by atoms with van der Waals surface area (Å²) in [5, 5.41) is 14.2. The normalized spacial score (nSPS) is 12.8. The summed E-state index contributed by atoms with van der Waals surface area (Å²) in [4.78, 5) is 5.27. The molecule has 110 valence electrons. The van der Waals surface area contributed by atoms with Crippen molar-refractivity contribution in [3.63, 3.8) is 0 Å². The summed E-state index contributed by atoms with van der Waals surface area (Å²) in [5.41, 5.74) is 2.30. The van der Waals surface area contributed by atoms with Gasteiger partial charge < -0.3 is 14.7 Å². The summed E-state index contributed by atoms with van der Waals surface area (Å²) in [6.45, 7) is 2.12. The van der Waals surface area contributed by atoms with E-state index in [1.54, 1.807) is 38.3 Å². The lowest BCUT2D eigenvalue weighted by Crippen LogP contribution is -2.09. The van der Waals surface area contributed by atoms with Crippen LogP contribution in [0.4, 0.5) is 0 Å². The first-order valence-corrected chi connectivity index (χ1v) is 6.73. The first-order chi connectivity index (χ1) is 10.2. The lowest BCUT2D eigenvalue weighted by Gasteiger charge is -2.11. The quantitative estimate of drug-likeness (QED) is 0.654. The number of hydrogen-bond acceptors (Lipinski definition) is 4. The Labute approximate surface area is 124 Å². The first-order valence-electron chi connectivity index (χ1n) is 6.73. The molecule has 21 heavy (non-hydrogen) atoms. The zero-order chi connectivity index (χ0) is 15.1. The van der Waals surface area contributed by atoms with Gasteiger partial charge in [-0.3, -0.25) is 0 Å². The van der Waals surface area contributed by atoms with Gasteiger partial charge in [-0.05, 0) is 30.2 Å². The summed E-state index contributed by atoms with van der Waals surface area (Å²) in [5.74, 6) is 0.751. The fourth-order valence-corrected chi connectivity index (χ4v) is 1.86. The highest BCUT2D eigenvalue weighted by atomic mass is 16.6. The van der Waals surface area contributed by atoms with Crippen LogP contribution >= 0.6 is 0 Å². The smallest absolute Gasteiger partial charge is 0.142 e. The van der Waals surface area contributed by atoms with Crippen LogP contribution in [0.15, 0.2) is 59.8 Å². The van der Waals surface area contributed by atoms with Crippen molar-refractivity contribution >= 4 is 5.71 Å². The maximum atomic E-state index is 10.2. The molecule has 1 atom stereocenters. The maximum Gasteiger partial charge on any atom is 0.142 e. The molecule has 0 fully saturated rings. The second kappa shape index (κ2) is 7.45. The lowest BCUT2D eigenvalue weighted by atomic mass is 10.1. The van der Waals surface area contributed by atoms with E-state index in [1.807, 2.05) is 30.3 Å². The second-order valence-electron chi connectivity index (χ2n) is 4.67. The van der Waals surface area contributed by atoms with E-state index in [0.29, 0.717) is 12.3 Å². The Morgan fingerprint density at radius 2 is 1.76 bits per heavy atom. The van der Waals surface area contributed by atoms with Crippen molar-refractivity contribution in [1.82, 2.24) is 0 Å². The van der Waals surface area contributed by atoms with Crippen molar-refractivity contribution in [2.75, 3.05) is 7.11 Å². The zero-order valence-corrected chi connectivity index (χ0v) is 12.2. The molecule has 0 heterocycles. The first kappa shape index (κ1) is 15.1. The fraction of sp³-hybridized carbons (Fsp3) is 0.235. The van der Waals surface area contributed by atoms with Gasteiger partial charge in [0.2, 0.25) is 0 Å². The third kappa shape index (κ3) is 4.33. The highest BCUT2D eigenvalue weighted by Gasteiger charge is 2.11. The third-order valence-corrected chi connectivity index (χ3v) is 3.11. The molecular weight excluding hydrogens is 266 g/mol. The Bertz CT molecular complexity index is 579. The van der Waals surface area contributed by atoms with Crippen molar-refractivity contribution < 1.29 is 14.7 Å². The van der Waals surface area contributed by atoms with Crippen LogP contribution in [0.3, 0.4) is 0 Å². The summed E-state index contributed by atoms with van der Waals surface area (Å²) in [6, 6.07) is 17.0. The molecule has 0 radical (unpaired) electrons. The van der Waals surface area contributed by atoms with E-state index in [2.05, 4.69) is 5.16 Å². The highest BCUT2D eigenvalue weighted by Crippen LogP contribution is 2.19. The lowest BCUT2D eigenvalue weighted by molar-refractivity contribution is 0.124. The number of hydrogen-bond donors (Lipinski definition) is 1. The molecule has 0 amide bonds. The van der Waals surface area contributed by atoms with Gasteiger partial charge in [-0.2, -0.15) is 0 Å². The number of rotatable bonds is 6. The average molecular weight is 285 g/mol. The molecule has 0 spiro atoms. The van der Waals surface area contributed by atoms with Crippen LogP contribution in [-0.2, 0) is 11.4 Å². The molecule has 0 saturated carbocycles. The summed E-state index contributed by atoms with van der Waals surface area (Å²) >= 11 is 0. The van der Waals surface area contributed by atoms with Crippen LogP contribution in [-0.4, -0.2) is 17.9 Å². The molecule has 4 heteroatoms. The number of nitrogens with zero attached hydrogens (tertiary/aromatic N) is 1. The summed E-state index contributed by atoms with van der Waals surface area (Å²) < 4.78 is 5.09. The molecule has 0 saturated heterocycles. The predicted molar refractivity (Wildman–Crippen MR) is 82.3 cm³/mol. The molecule has 1 unspecified atom stereocenters. The molecule has 2 aromatic carbocycles. The monoisotopic (exact) mass is 285 g/mol.